The molecule has 0 saturated heterocycles. The molecule has 2 atom stereocenters. The van der Waals surface area contributed by atoms with E-state index in [-0.39, 0.29) is 13.6 Å². The van der Waals surface area contributed by atoms with Gasteiger partial charge in [-0.2, -0.15) is 0 Å². The predicted molar refractivity (Wildman–Crippen MR) is 103 cm³/mol. The van der Waals surface area contributed by atoms with Crippen LogP contribution in [-0.4, -0.2) is 42.3 Å². The smallest absolute Gasteiger partial charge is 0.246 e. The van der Waals surface area contributed by atoms with Gasteiger partial charge < -0.3 is 10.4 Å². The molecule has 0 aliphatic heterocycles. The molecule has 1 rings (SSSR count). The van der Waals surface area contributed by atoms with E-state index in [1.807, 2.05) is 32.0 Å². The number of amides is 1. The van der Waals surface area contributed by atoms with E-state index in [9.17, 15) is 9.90 Å². The van der Waals surface area contributed by atoms with Crippen LogP contribution in [0.4, 0.5) is 0 Å². The normalized spacial score (nSPS) is 18.0. The third-order valence-corrected chi connectivity index (χ3v) is 4.17. The maximum absolute atomic E-state index is 11.9. The fourth-order valence-corrected chi connectivity index (χ4v) is 2.50. The van der Waals surface area contributed by atoms with Crippen molar-refractivity contribution in [3.63, 3.8) is 0 Å². The van der Waals surface area contributed by atoms with Crippen molar-refractivity contribution in [3.8, 4) is 0 Å². The van der Waals surface area contributed by atoms with Gasteiger partial charge >= 0.3 is 0 Å². The number of hydrogen-bond acceptors (Lipinski definition) is 3. The van der Waals surface area contributed by atoms with Gasteiger partial charge in [-0.25, -0.2) is 0 Å². The van der Waals surface area contributed by atoms with E-state index >= 15 is 0 Å². The molecule has 1 amide bonds. The Morgan fingerprint density at radius 3 is 2.71 bits per heavy atom. The molecule has 1 fully saturated rings. The van der Waals surface area contributed by atoms with Gasteiger partial charge in [0, 0.05) is 13.0 Å². The Bertz CT molecular complexity index is 482. The summed E-state index contributed by atoms with van der Waals surface area (Å²) in [6, 6.07) is 0.403. The van der Waals surface area contributed by atoms with Crippen molar-refractivity contribution >= 4 is 5.91 Å². The molecule has 1 aliphatic rings. The van der Waals surface area contributed by atoms with E-state index in [1.54, 1.807) is 0 Å². The number of hydrogen-bond donors (Lipinski definition) is 2. The Kier molecular flexibility index (Phi) is 9.01. The summed E-state index contributed by atoms with van der Waals surface area (Å²) in [5.41, 5.74) is 1.87. The van der Waals surface area contributed by atoms with E-state index in [0.29, 0.717) is 12.0 Å². The molecule has 0 bridgehead atoms. The van der Waals surface area contributed by atoms with Gasteiger partial charge in [0.25, 0.3) is 0 Å². The van der Waals surface area contributed by atoms with Crippen molar-refractivity contribution in [2.75, 3.05) is 14.1 Å². The zero-order valence-corrected chi connectivity index (χ0v) is 15.7. The molecule has 0 spiro atoms. The van der Waals surface area contributed by atoms with Crippen LogP contribution in [0.25, 0.3) is 0 Å². The molecule has 4 nitrogen and oxygen atoms in total. The summed E-state index contributed by atoms with van der Waals surface area (Å²) in [6.07, 6.45) is 11.6. The van der Waals surface area contributed by atoms with Crippen molar-refractivity contribution in [1.29, 1.82) is 0 Å². The zero-order valence-electron chi connectivity index (χ0n) is 15.7. The van der Waals surface area contributed by atoms with E-state index in [4.69, 9.17) is 0 Å². The number of nitrogens with one attached hydrogen (secondary N) is 1. The van der Waals surface area contributed by atoms with Crippen molar-refractivity contribution in [1.82, 2.24) is 10.2 Å². The number of allylic oxidation sites excluding steroid dienone is 4. The highest BCUT2D eigenvalue weighted by Crippen LogP contribution is 2.20. The highest BCUT2D eigenvalue weighted by molar-refractivity contribution is 5.93. The Morgan fingerprint density at radius 1 is 1.46 bits per heavy atom. The third-order valence-electron chi connectivity index (χ3n) is 4.17. The SMILES string of the molecule is C=C(/C=C\CCCC(O)N(C)C)CC(C)/C=C(\C)C(=O)NC1CC1.[HH]. The Morgan fingerprint density at radius 2 is 2.12 bits per heavy atom. The van der Waals surface area contributed by atoms with Crippen molar-refractivity contribution in [3.05, 3.63) is 36.0 Å². The van der Waals surface area contributed by atoms with E-state index in [1.165, 1.54) is 0 Å². The van der Waals surface area contributed by atoms with Crippen LogP contribution < -0.4 is 5.32 Å². The molecule has 2 unspecified atom stereocenters. The van der Waals surface area contributed by atoms with Crippen LogP contribution in [0.1, 0.15) is 53.8 Å². The summed E-state index contributed by atoms with van der Waals surface area (Å²) < 4.78 is 0. The molecule has 4 heteroatoms. The van der Waals surface area contributed by atoms with Crippen LogP contribution in [0, 0.1) is 5.92 Å². The number of rotatable bonds is 11. The van der Waals surface area contributed by atoms with Crippen LogP contribution in [0.3, 0.4) is 0 Å². The Hall–Kier alpha value is -1.39. The molecule has 1 aliphatic carbocycles. The molecular weight excluding hydrogens is 300 g/mol. The molecule has 138 valence electrons. The third kappa shape index (κ3) is 9.04. The summed E-state index contributed by atoms with van der Waals surface area (Å²) in [7, 11) is 3.76. The fraction of sp³-hybridized carbons (Fsp3) is 0.650. The second kappa shape index (κ2) is 10.5. The van der Waals surface area contributed by atoms with Crippen LogP contribution in [0.5, 0.6) is 0 Å². The van der Waals surface area contributed by atoms with Gasteiger partial charge in [-0.3, -0.25) is 9.69 Å². The second-order valence-corrected chi connectivity index (χ2v) is 7.21. The topological polar surface area (TPSA) is 52.6 Å². The van der Waals surface area contributed by atoms with Crippen LogP contribution in [0.15, 0.2) is 36.0 Å². The van der Waals surface area contributed by atoms with Gasteiger partial charge in [0.15, 0.2) is 0 Å². The molecule has 0 aromatic rings. The van der Waals surface area contributed by atoms with Gasteiger partial charge in [0.2, 0.25) is 5.91 Å². The first kappa shape index (κ1) is 20.7. The Labute approximate surface area is 148 Å². The van der Waals surface area contributed by atoms with E-state index < -0.39 is 0 Å². The number of nitrogens with zero attached hydrogens (tertiary/aromatic N) is 1. The lowest BCUT2D eigenvalue weighted by Crippen LogP contribution is -2.26. The van der Waals surface area contributed by atoms with Gasteiger partial charge in [-0.05, 0) is 65.5 Å². The van der Waals surface area contributed by atoms with Crippen LogP contribution in [-0.2, 0) is 4.79 Å². The minimum absolute atomic E-state index is 0. The van der Waals surface area contributed by atoms with E-state index in [0.717, 1.165) is 49.7 Å². The molecule has 24 heavy (non-hydrogen) atoms. The van der Waals surface area contributed by atoms with Gasteiger partial charge in [0.05, 0.1) is 0 Å². The number of unbranched alkanes of at least 4 members (excludes halogenated alkanes) is 1. The average Bonchev–Trinajstić information content (AvgIpc) is 3.30. The highest BCUT2D eigenvalue weighted by Gasteiger charge is 2.23. The number of aliphatic hydroxyl groups is 1. The molecule has 1 saturated carbocycles. The standard InChI is InChI=1S/C20H34N2O2.H2/c1-15(9-7-6-8-10-19(23)22(4)5)13-16(2)14-17(3)20(24)21-18-11-12-18;/h7,9,14,16,18-19,23H,1,6,8,10-13H2,2-5H3,(H,21,24);1H/b9-7-,17-14+;. The number of carbonyl (C=O) groups is 1. The monoisotopic (exact) mass is 336 g/mol. The second-order valence-electron chi connectivity index (χ2n) is 7.21. The molecule has 0 radical (unpaired) electrons. The summed E-state index contributed by atoms with van der Waals surface area (Å²) in [6.45, 7) is 8.08. The van der Waals surface area contributed by atoms with Crippen molar-refractivity contribution in [2.24, 2.45) is 5.92 Å². The quantitative estimate of drug-likeness (QED) is 0.262. The van der Waals surface area contributed by atoms with Crippen LogP contribution in [0.2, 0.25) is 0 Å². The Balaban J connectivity index is 0.00000576. The lowest BCUT2D eigenvalue weighted by molar-refractivity contribution is -0.117. The molecule has 0 heterocycles. The summed E-state index contributed by atoms with van der Waals surface area (Å²) in [5.74, 6) is 0.354. The first-order chi connectivity index (χ1) is 11.3. The van der Waals surface area contributed by atoms with Gasteiger partial charge in [-0.1, -0.05) is 37.3 Å². The first-order valence-corrected chi connectivity index (χ1v) is 8.97. The van der Waals surface area contributed by atoms with Crippen molar-refractivity contribution < 1.29 is 11.3 Å². The van der Waals surface area contributed by atoms with Gasteiger partial charge in [0.1, 0.15) is 6.23 Å². The maximum atomic E-state index is 11.9. The highest BCUT2D eigenvalue weighted by atomic mass is 16.3. The minimum atomic E-state index is -0.364. The summed E-state index contributed by atoms with van der Waals surface area (Å²) >= 11 is 0. The lowest BCUT2D eigenvalue weighted by Gasteiger charge is -2.17. The first-order valence-electron chi connectivity index (χ1n) is 8.97. The maximum Gasteiger partial charge on any atom is 0.246 e. The molecule has 2 N–H and O–H groups in total. The molecular formula is C20H36N2O2. The van der Waals surface area contributed by atoms with Crippen LogP contribution >= 0.6 is 0 Å². The fourth-order valence-electron chi connectivity index (χ4n) is 2.50. The van der Waals surface area contributed by atoms with Gasteiger partial charge in [-0.15, -0.1) is 0 Å². The number of aliphatic hydroxyl groups excluding tert-OH is 1. The largest absolute Gasteiger partial charge is 0.378 e. The minimum Gasteiger partial charge on any atom is -0.378 e. The molecule has 0 aromatic carbocycles. The zero-order chi connectivity index (χ0) is 18.1. The lowest BCUT2D eigenvalue weighted by atomic mass is 9.99. The summed E-state index contributed by atoms with van der Waals surface area (Å²) in [5, 5.41) is 12.7. The van der Waals surface area contributed by atoms with Crippen molar-refractivity contribution in [2.45, 2.75) is 64.6 Å². The average molecular weight is 337 g/mol. The molecule has 0 aromatic heterocycles. The number of carbonyl (C=O) groups excluding carboxylic acids is 1. The predicted octanol–water partition coefficient (Wildman–Crippen LogP) is 3.65. The summed E-state index contributed by atoms with van der Waals surface area (Å²) in [4.78, 5) is 13.7. The van der Waals surface area contributed by atoms with E-state index in [2.05, 4.69) is 31.0 Å².